The molecule has 0 fully saturated rings. The second-order valence-electron chi connectivity index (χ2n) is 10.8. The molecule has 1 aliphatic heterocycles. The summed E-state index contributed by atoms with van der Waals surface area (Å²) in [5.74, 6) is -1.35. The molecule has 0 unspecified atom stereocenters. The smallest absolute Gasteiger partial charge is 0.258 e. The van der Waals surface area contributed by atoms with Gasteiger partial charge in [-0.05, 0) is 78.9 Å². The lowest BCUT2D eigenvalue weighted by atomic mass is 10.0. The Labute approximate surface area is 246 Å². The third-order valence-electron chi connectivity index (χ3n) is 7.65. The fraction of sp³-hybridized carbons (Fsp3) is 0.257. The average Bonchev–Trinajstić information content (AvgIpc) is 2.99. The molecule has 42 heavy (non-hydrogen) atoms. The molecule has 0 aromatic heterocycles. The van der Waals surface area contributed by atoms with Crippen molar-refractivity contribution in [3.63, 3.8) is 0 Å². The molecule has 0 radical (unpaired) electrons. The molecule has 7 heteroatoms. The highest BCUT2D eigenvalue weighted by atomic mass is 19.1. The van der Waals surface area contributed by atoms with Gasteiger partial charge in [-0.3, -0.25) is 14.5 Å². The Morgan fingerprint density at radius 3 is 2.14 bits per heavy atom. The van der Waals surface area contributed by atoms with Crippen molar-refractivity contribution < 1.29 is 18.4 Å². The van der Waals surface area contributed by atoms with Gasteiger partial charge in [0.2, 0.25) is 0 Å². The number of nitrogens with zero attached hydrogens (tertiary/aromatic N) is 3. The van der Waals surface area contributed by atoms with Crippen LogP contribution >= 0.6 is 0 Å². The minimum absolute atomic E-state index is 0.222. The van der Waals surface area contributed by atoms with Crippen LogP contribution in [0.25, 0.3) is 0 Å². The summed E-state index contributed by atoms with van der Waals surface area (Å²) in [5, 5.41) is 0. The van der Waals surface area contributed by atoms with Crippen molar-refractivity contribution in [2.45, 2.75) is 32.9 Å². The predicted octanol–water partition coefficient (Wildman–Crippen LogP) is 6.86. The largest absolute Gasteiger partial charge is 0.334 e. The number of hydrogen-bond acceptors (Lipinski definition) is 3. The van der Waals surface area contributed by atoms with Crippen LogP contribution in [0.3, 0.4) is 0 Å². The number of benzene rings is 4. The highest BCUT2D eigenvalue weighted by Crippen LogP contribution is 2.30. The van der Waals surface area contributed by atoms with Crippen molar-refractivity contribution in [3.8, 4) is 0 Å². The molecule has 216 valence electrons. The van der Waals surface area contributed by atoms with Crippen molar-refractivity contribution in [2.75, 3.05) is 31.1 Å². The number of hydrogen-bond donors (Lipinski definition) is 0. The van der Waals surface area contributed by atoms with E-state index in [1.54, 1.807) is 21.9 Å². The van der Waals surface area contributed by atoms with Gasteiger partial charge in [0, 0.05) is 50.4 Å². The molecule has 5 rings (SSSR count). The van der Waals surface area contributed by atoms with Crippen molar-refractivity contribution in [1.82, 2.24) is 9.80 Å². The Morgan fingerprint density at radius 1 is 0.690 bits per heavy atom. The van der Waals surface area contributed by atoms with Crippen LogP contribution < -0.4 is 4.90 Å². The van der Waals surface area contributed by atoms with Gasteiger partial charge in [-0.25, -0.2) is 8.78 Å². The summed E-state index contributed by atoms with van der Waals surface area (Å²) >= 11 is 0. The van der Waals surface area contributed by atoms with E-state index in [4.69, 9.17) is 0 Å². The van der Waals surface area contributed by atoms with Crippen LogP contribution in [0, 0.1) is 18.6 Å². The Morgan fingerprint density at radius 2 is 1.40 bits per heavy atom. The molecule has 0 saturated carbocycles. The molecule has 4 aromatic rings. The van der Waals surface area contributed by atoms with Crippen molar-refractivity contribution >= 4 is 17.5 Å². The molecular formula is C35H35F2N3O2. The lowest BCUT2D eigenvalue weighted by Crippen LogP contribution is -2.39. The number of carbonyl (C=O) groups is 2. The predicted molar refractivity (Wildman–Crippen MR) is 161 cm³/mol. The molecule has 1 heterocycles. The first-order chi connectivity index (χ1) is 20.4. The van der Waals surface area contributed by atoms with Crippen LogP contribution in [-0.2, 0) is 13.1 Å². The van der Waals surface area contributed by atoms with E-state index in [2.05, 4.69) is 17.0 Å². The lowest BCUT2D eigenvalue weighted by molar-refractivity contribution is 0.0733. The van der Waals surface area contributed by atoms with Crippen molar-refractivity contribution in [3.05, 3.63) is 137 Å². The van der Waals surface area contributed by atoms with Gasteiger partial charge in [-0.15, -0.1) is 0 Å². The molecule has 5 nitrogen and oxygen atoms in total. The molecule has 0 saturated heterocycles. The Bertz CT molecular complexity index is 1530. The van der Waals surface area contributed by atoms with Gasteiger partial charge in [-0.2, -0.15) is 0 Å². The zero-order valence-electron chi connectivity index (χ0n) is 23.8. The van der Waals surface area contributed by atoms with Crippen LogP contribution in [0.1, 0.15) is 50.2 Å². The van der Waals surface area contributed by atoms with Gasteiger partial charge in [0.1, 0.15) is 11.6 Å². The first-order valence-electron chi connectivity index (χ1n) is 14.4. The Balaban J connectivity index is 1.53. The molecule has 0 spiro atoms. The van der Waals surface area contributed by atoms with Gasteiger partial charge in [-0.1, -0.05) is 54.6 Å². The van der Waals surface area contributed by atoms with Crippen LogP contribution in [0.2, 0.25) is 0 Å². The normalized spacial score (nSPS) is 14.9. The van der Waals surface area contributed by atoms with E-state index >= 15 is 0 Å². The summed E-state index contributed by atoms with van der Waals surface area (Å²) < 4.78 is 27.8. The number of halogens is 2. The number of aryl methyl sites for hydroxylation is 1. The summed E-state index contributed by atoms with van der Waals surface area (Å²) in [6.45, 7) is 5.40. The average molecular weight is 568 g/mol. The maximum Gasteiger partial charge on any atom is 0.258 e. The molecule has 0 atom stereocenters. The van der Waals surface area contributed by atoms with E-state index in [9.17, 15) is 18.4 Å². The zero-order valence-corrected chi connectivity index (χ0v) is 23.8. The highest BCUT2D eigenvalue weighted by Gasteiger charge is 2.26. The van der Waals surface area contributed by atoms with Crippen molar-refractivity contribution in [2.24, 2.45) is 0 Å². The molecule has 0 bridgehead atoms. The molecule has 4 aromatic carbocycles. The number of fused-ring (bicyclic) bond motifs is 1. The third kappa shape index (κ3) is 7.09. The Kier molecular flexibility index (Phi) is 9.39. The number of carbonyl (C=O) groups excluding carboxylic acids is 2. The van der Waals surface area contributed by atoms with Gasteiger partial charge in [0.05, 0.1) is 5.69 Å². The third-order valence-corrected chi connectivity index (χ3v) is 7.65. The Hall–Kier alpha value is -4.36. The first kappa shape index (κ1) is 29.1. The monoisotopic (exact) mass is 567 g/mol. The second kappa shape index (κ2) is 13.5. The molecule has 1 aliphatic rings. The second-order valence-corrected chi connectivity index (χ2v) is 10.8. The van der Waals surface area contributed by atoms with E-state index in [1.807, 2.05) is 43.3 Å². The fourth-order valence-electron chi connectivity index (χ4n) is 5.61. The molecular weight excluding hydrogens is 532 g/mol. The summed E-state index contributed by atoms with van der Waals surface area (Å²) in [4.78, 5) is 33.6. The van der Waals surface area contributed by atoms with E-state index in [0.29, 0.717) is 18.7 Å². The van der Waals surface area contributed by atoms with Gasteiger partial charge >= 0.3 is 0 Å². The van der Waals surface area contributed by atoms with Crippen LogP contribution in [0.15, 0.2) is 97.1 Å². The van der Waals surface area contributed by atoms with Gasteiger partial charge < -0.3 is 9.80 Å². The number of anilines is 1. The standard InChI is InChI=1S/C35H35F2N3O2/c1-26-9-5-13-30-25-39(34(41)29-12-6-14-32(37)23-29)21-7-19-38(24-27-10-3-2-4-11-27)20-8-22-40(33(26)30)35(42)28-15-17-31(36)18-16-28/h2-6,9-18,23H,7-8,19-22,24-25H2,1H3. The minimum atomic E-state index is -0.462. The van der Waals surface area contributed by atoms with Gasteiger partial charge in [0.25, 0.3) is 11.8 Å². The maximum absolute atomic E-state index is 14.1. The van der Waals surface area contributed by atoms with E-state index in [0.717, 1.165) is 49.3 Å². The van der Waals surface area contributed by atoms with Crippen LogP contribution in [0.4, 0.5) is 14.5 Å². The molecule has 2 amide bonds. The van der Waals surface area contributed by atoms with E-state index in [-0.39, 0.29) is 23.9 Å². The lowest BCUT2D eigenvalue weighted by Gasteiger charge is -2.32. The topological polar surface area (TPSA) is 43.9 Å². The fourth-order valence-corrected chi connectivity index (χ4v) is 5.61. The van der Waals surface area contributed by atoms with E-state index in [1.165, 1.54) is 42.0 Å². The molecule has 0 aliphatic carbocycles. The molecule has 0 N–H and O–H groups in total. The highest BCUT2D eigenvalue weighted by molar-refractivity contribution is 6.07. The number of amides is 2. The minimum Gasteiger partial charge on any atom is -0.334 e. The summed E-state index contributed by atoms with van der Waals surface area (Å²) in [5.41, 5.74) is 4.36. The quantitative estimate of drug-likeness (QED) is 0.271. The van der Waals surface area contributed by atoms with E-state index < -0.39 is 11.6 Å². The summed E-state index contributed by atoms with van der Waals surface area (Å²) in [6, 6.07) is 27.4. The maximum atomic E-state index is 14.1. The summed E-state index contributed by atoms with van der Waals surface area (Å²) in [6.07, 6.45) is 1.48. The van der Waals surface area contributed by atoms with Crippen LogP contribution in [-0.4, -0.2) is 47.8 Å². The summed E-state index contributed by atoms with van der Waals surface area (Å²) in [7, 11) is 0. The zero-order chi connectivity index (χ0) is 29.5. The number of para-hydroxylation sites is 1. The van der Waals surface area contributed by atoms with Crippen molar-refractivity contribution in [1.29, 1.82) is 0 Å². The number of rotatable bonds is 4. The SMILES string of the molecule is Cc1cccc2c1N(C(=O)c1ccc(F)cc1)CCCN(Cc1ccccc1)CCCN(C(=O)c1cccc(F)c1)C2. The van der Waals surface area contributed by atoms with Gasteiger partial charge in [0.15, 0.2) is 0 Å². The first-order valence-corrected chi connectivity index (χ1v) is 14.4. The van der Waals surface area contributed by atoms with Crippen LogP contribution in [0.5, 0.6) is 0 Å².